The summed E-state index contributed by atoms with van der Waals surface area (Å²) in [5.41, 5.74) is 1.89. The first-order valence-electron chi connectivity index (χ1n) is 8.93. The molecule has 2 N–H and O–H groups in total. The molecule has 1 aliphatic carbocycles. The van der Waals surface area contributed by atoms with Gasteiger partial charge in [-0.05, 0) is 49.1 Å². The molecule has 4 rings (SSSR count). The van der Waals surface area contributed by atoms with Gasteiger partial charge in [-0.25, -0.2) is 4.68 Å². The minimum absolute atomic E-state index is 0.133. The Morgan fingerprint density at radius 3 is 2.59 bits per heavy atom. The van der Waals surface area contributed by atoms with Crippen LogP contribution >= 0.6 is 23.2 Å². The zero-order valence-corrected chi connectivity index (χ0v) is 16.6. The molecule has 3 aromatic rings. The molecular weight excluding hydrogens is 415 g/mol. The lowest BCUT2D eigenvalue weighted by atomic mass is 10.0. The number of carbonyl (C=O) groups excluding carboxylic acids is 1. The van der Waals surface area contributed by atoms with E-state index in [1.807, 2.05) is 6.07 Å². The van der Waals surface area contributed by atoms with Crippen molar-refractivity contribution in [2.24, 2.45) is 11.8 Å². The van der Waals surface area contributed by atoms with Crippen LogP contribution < -0.4 is 5.32 Å². The molecule has 0 bridgehead atoms. The third-order valence-corrected chi connectivity index (χ3v) is 5.45. The first kappa shape index (κ1) is 19.4. The van der Waals surface area contributed by atoms with Crippen LogP contribution in [0, 0.1) is 11.8 Å². The summed E-state index contributed by atoms with van der Waals surface area (Å²) in [5, 5.41) is 17.4. The topological polar surface area (TPSA) is 97.1 Å². The molecule has 1 fully saturated rings. The number of benzene rings is 1. The van der Waals surface area contributed by atoms with E-state index < -0.39 is 17.8 Å². The van der Waals surface area contributed by atoms with Crippen LogP contribution in [0.2, 0.25) is 10.0 Å². The number of carboxylic acid groups (broad SMARTS) is 1. The van der Waals surface area contributed by atoms with E-state index in [0.29, 0.717) is 27.2 Å². The van der Waals surface area contributed by atoms with Crippen molar-refractivity contribution in [2.45, 2.75) is 12.8 Å². The van der Waals surface area contributed by atoms with Gasteiger partial charge in [-0.3, -0.25) is 14.6 Å². The van der Waals surface area contributed by atoms with Crippen LogP contribution in [0.25, 0.3) is 16.9 Å². The number of pyridine rings is 1. The highest BCUT2D eigenvalue weighted by atomic mass is 35.5. The molecule has 0 spiro atoms. The van der Waals surface area contributed by atoms with Crippen LogP contribution in [0.4, 0.5) is 5.82 Å². The molecule has 0 aliphatic heterocycles. The Balaban J connectivity index is 1.74. The van der Waals surface area contributed by atoms with Gasteiger partial charge in [-0.15, -0.1) is 0 Å². The van der Waals surface area contributed by atoms with E-state index in [1.54, 1.807) is 42.7 Å². The molecule has 148 valence electrons. The lowest BCUT2D eigenvalue weighted by Gasteiger charge is -2.13. The third-order valence-electron chi connectivity index (χ3n) is 4.71. The number of hydrogen-bond donors (Lipinski definition) is 2. The summed E-state index contributed by atoms with van der Waals surface area (Å²) in [6, 6.07) is 10.2. The summed E-state index contributed by atoms with van der Waals surface area (Å²) in [7, 11) is 0. The monoisotopic (exact) mass is 430 g/mol. The summed E-state index contributed by atoms with van der Waals surface area (Å²) in [4.78, 5) is 28.3. The molecular formula is C20H16Cl2N4O3. The molecule has 2 heterocycles. The minimum atomic E-state index is -1.13. The van der Waals surface area contributed by atoms with Crippen molar-refractivity contribution in [2.75, 3.05) is 5.32 Å². The average molecular weight is 431 g/mol. The molecule has 9 heteroatoms. The van der Waals surface area contributed by atoms with E-state index in [-0.39, 0.29) is 5.92 Å². The second kappa shape index (κ2) is 7.85. The number of halogens is 2. The molecule has 0 saturated heterocycles. The fraction of sp³-hybridized carbons (Fsp3) is 0.200. The highest BCUT2D eigenvalue weighted by Crippen LogP contribution is 2.38. The lowest BCUT2D eigenvalue weighted by molar-refractivity contribution is -0.146. The van der Waals surface area contributed by atoms with Crippen LogP contribution in [-0.4, -0.2) is 31.7 Å². The van der Waals surface area contributed by atoms with Crippen molar-refractivity contribution in [1.82, 2.24) is 14.8 Å². The largest absolute Gasteiger partial charge is 0.481 e. The Bertz CT molecular complexity index is 1080. The van der Waals surface area contributed by atoms with Gasteiger partial charge in [0.25, 0.3) is 0 Å². The number of rotatable bonds is 6. The molecule has 1 unspecified atom stereocenters. The van der Waals surface area contributed by atoms with Crippen molar-refractivity contribution in [3.8, 4) is 16.9 Å². The van der Waals surface area contributed by atoms with Crippen LogP contribution in [0.5, 0.6) is 0 Å². The Kier molecular flexibility index (Phi) is 5.25. The minimum Gasteiger partial charge on any atom is -0.481 e. The van der Waals surface area contributed by atoms with E-state index >= 15 is 0 Å². The van der Waals surface area contributed by atoms with E-state index in [2.05, 4.69) is 15.4 Å². The van der Waals surface area contributed by atoms with Gasteiger partial charge in [0, 0.05) is 24.0 Å². The Labute approximate surface area is 176 Å². The fourth-order valence-electron chi connectivity index (χ4n) is 3.10. The second-order valence-corrected chi connectivity index (χ2v) is 7.62. The number of amides is 1. The van der Waals surface area contributed by atoms with Crippen molar-refractivity contribution in [1.29, 1.82) is 0 Å². The Morgan fingerprint density at radius 2 is 1.97 bits per heavy atom. The van der Waals surface area contributed by atoms with E-state index in [1.165, 1.54) is 4.68 Å². The maximum atomic E-state index is 12.7. The van der Waals surface area contributed by atoms with Gasteiger partial charge in [-0.2, -0.15) is 5.10 Å². The first-order chi connectivity index (χ1) is 13.9. The van der Waals surface area contributed by atoms with E-state index in [4.69, 9.17) is 23.2 Å². The van der Waals surface area contributed by atoms with Gasteiger partial charge in [0.2, 0.25) is 5.91 Å². The molecule has 1 atom stereocenters. The van der Waals surface area contributed by atoms with Crippen LogP contribution in [0.3, 0.4) is 0 Å². The number of aliphatic carboxylic acids is 1. The third kappa shape index (κ3) is 4.11. The molecule has 29 heavy (non-hydrogen) atoms. The first-order valence-corrected chi connectivity index (χ1v) is 9.69. The molecule has 2 aromatic heterocycles. The molecule has 1 aromatic carbocycles. The SMILES string of the molecule is O=C(O)C(C(=O)Nc1cc(-c2cccnc2)nn1-c1ccc(Cl)c(Cl)c1)C1CC1. The van der Waals surface area contributed by atoms with Crippen molar-refractivity contribution < 1.29 is 14.7 Å². The predicted octanol–water partition coefficient (Wildman–Crippen LogP) is 4.29. The summed E-state index contributed by atoms with van der Waals surface area (Å²) < 4.78 is 1.49. The number of nitrogens with one attached hydrogen (secondary N) is 1. The Morgan fingerprint density at radius 1 is 1.17 bits per heavy atom. The molecule has 1 saturated carbocycles. The molecule has 0 radical (unpaired) electrons. The van der Waals surface area contributed by atoms with Crippen LogP contribution in [0.1, 0.15) is 12.8 Å². The van der Waals surface area contributed by atoms with Crippen molar-refractivity contribution >= 4 is 40.9 Å². The second-order valence-electron chi connectivity index (χ2n) is 6.81. The number of carboxylic acids is 1. The predicted molar refractivity (Wildman–Crippen MR) is 109 cm³/mol. The maximum Gasteiger partial charge on any atom is 0.316 e. The molecule has 1 amide bonds. The normalized spacial score (nSPS) is 14.4. The van der Waals surface area contributed by atoms with Crippen LogP contribution in [-0.2, 0) is 9.59 Å². The number of carbonyl (C=O) groups is 2. The number of hydrogen-bond acceptors (Lipinski definition) is 4. The van der Waals surface area contributed by atoms with Crippen molar-refractivity contribution in [3.63, 3.8) is 0 Å². The lowest BCUT2D eigenvalue weighted by Crippen LogP contribution is -2.31. The van der Waals surface area contributed by atoms with Gasteiger partial charge < -0.3 is 10.4 Å². The van der Waals surface area contributed by atoms with Crippen molar-refractivity contribution in [3.05, 3.63) is 58.8 Å². The highest BCUT2D eigenvalue weighted by Gasteiger charge is 2.41. The van der Waals surface area contributed by atoms with Gasteiger partial charge in [0.1, 0.15) is 11.7 Å². The molecule has 7 nitrogen and oxygen atoms in total. The zero-order valence-electron chi connectivity index (χ0n) is 15.0. The quantitative estimate of drug-likeness (QED) is 0.568. The van der Waals surface area contributed by atoms with E-state index in [0.717, 1.165) is 18.4 Å². The fourth-order valence-corrected chi connectivity index (χ4v) is 3.39. The summed E-state index contributed by atoms with van der Waals surface area (Å²) >= 11 is 12.1. The standard InChI is InChI=1S/C20H16Cl2N4O3/c21-14-6-5-13(8-15(14)22)26-17(9-16(25-26)12-2-1-7-23-10-12)24-19(27)18(20(28)29)11-3-4-11/h1-2,5-11,18H,3-4H2,(H,24,27)(H,28,29). The van der Waals surface area contributed by atoms with Gasteiger partial charge >= 0.3 is 5.97 Å². The highest BCUT2D eigenvalue weighted by molar-refractivity contribution is 6.42. The molecule has 1 aliphatic rings. The van der Waals surface area contributed by atoms with E-state index in [9.17, 15) is 14.7 Å². The summed E-state index contributed by atoms with van der Waals surface area (Å²) in [6.45, 7) is 0. The summed E-state index contributed by atoms with van der Waals surface area (Å²) in [6.07, 6.45) is 4.77. The number of aromatic nitrogens is 3. The maximum absolute atomic E-state index is 12.7. The van der Waals surface area contributed by atoms with Gasteiger partial charge in [-0.1, -0.05) is 23.2 Å². The average Bonchev–Trinajstić information content (AvgIpc) is 3.43. The Hall–Kier alpha value is -2.90. The van der Waals surface area contributed by atoms with Gasteiger partial charge in [0.15, 0.2) is 0 Å². The van der Waals surface area contributed by atoms with Gasteiger partial charge in [0.05, 0.1) is 21.4 Å². The zero-order chi connectivity index (χ0) is 20.5. The van der Waals surface area contributed by atoms with Crippen LogP contribution in [0.15, 0.2) is 48.8 Å². The number of nitrogens with zero attached hydrogens (tertiary/aromatic N) is 3. The number of anilines is 1. The smallest absolute Gasteiger partial charge is 0.316 e. The summed E-state index contributed by atoms with van der Waals surface area (Å²) in [5.74, 6) is -2.59.